The van der Waals surface area contributed by atoms with Gasteiger partial charge in [-0.3, -0.25) is 14.4 Å². The molecule has 0 aromatic heterocycles. The first-order chi connectivity index (χ1) is 16.8. The Hall–Kier alpha value is -4.28. The molecule has 0 bridgehead atoms. The molecule has 0 radical (unpaired) electrons. The van der Waals surface area contributed by atoms with Crippen LogP contribution in [0.25, 0.3) is 0 Å². The monoisotopic (exact) mass is 500 g/mol. The van der Waals surface area contributed by atoms with Crippen LogP contribution in [0.2, 0.25) is 0 Å². The summed E-state index contributed by atoms with van der Waals surface area (Å²) in [5.74, 6) is -1.73. The molecule has 36 heavy (non-hydrogen) atoms. The van der Waals surface area contributed by atoms with Crippen molar-refractivity contribution < 1.29 is 33.8 Å². The van der Waals surface area contributed by atoms with Gasteiger partial charge in [-0.2, -0.15) is 0 Å². The zero-order chi connectivity index (χ0) is 27.0. The minimum absolute atomic E-state index is 0.115. The van der Waals surface area contributed by atoms with E-state index < -0.39 is 47.9 Å². The molecule has 0 aliphatic rings. The van der Waals surface area contributed by atoms with Crippen LogP contribution in [-0.4, -0.2) is 59.6 Å². The average Bonchev–Trinajstić information content (AvgIpc) is 2.77. The Balaban J connectivity index is 2.37. The predicted molar refractivity (Wildman–Crippen MR) is 132 cm³/mol. The molecule has 11 heteroatoms. The van der Waals surface area contributed by atoms with Gasteiger partial charge in [-0.15, -0.1) is 0 Å². The summed E-state index contributed by atoms with van der Waals surface area (Å²) in [7, 11) is 2.86. The second kappa shape index (κ2) is 11.9. The van der Waals surface area contributed by atoms with Gasteiger partial charge in [-0.05, 0) is 62.7 Å². The Morgan fingerprint density at radius 3 is 2.25 bits per heavy atom. The zero-order valence-corrected chi connectivity index (χ0v) is 20.9. The van der Waals surface area contributed by atoms with Crippen molar-refractivity contribution in [1.82, 2.24) is 10.2 Å². The summed E-state index contributed by atoms with van der Waals surface area (Å²) in [4.78, 5) is 51.8. The normalized spacial score (nSPS) is 12.6. The van der Waals surface area contributed by atoms with Crippen molar-refractivity contribution >= 4 is 29.5 Å². The molecule has 0 saturated heterocycles. The van der Waals surface area contributed by atoms with Gasteiger partial charge in [0, 0.05) is 12.7 Å². The van der Waals surface area contributed by atoms with Gasteiger partial charge in [0.15, 0.2) is 0 Å². The lowest BCUT2D eigenvalue weighted by Gasteiger charge is -2.31. The number of rotatable bonds is 9. The Bertz CT molecular complexity index is 1100. The molecule has 2 unspecified atom stereocenters. The van der Waals surface area contributed by atoms with Crippen LogP contribution in [0.3, 0.4) is 0 Å². The molecule has 0 saturated carbocycles. The third-order valence-electron chi connectivity index (χ3n) is 4.92. The van der Waals surface area contributed by atoms with Crippen molar-refractivity contribution in [2.45, 2.75) is 44.9 Å². The molecule has 2 atom stereocenters. The van der Waals surface area contributed by atoms with Crippen LogP contribution in [0, 0.1) is 0 Å². The van der Waals surface area contributed by atoms with Crippen molar-refractivity contribution in [2.75, 3.05) is 19.5 Å². The number of amides is 4. The fraction of sp³-hybridized carbons (Fsp3) is 0.360. The number of nitrogens with one attached hydrogen (secondary N) is 2. The number of aromatic hydroxyl groups is 1. The topological polar surface area (TPSA) is 160 Å². The quantitative estimate of drug-likeness (QED) is 0.411. The number of carbonyl (C=O) groups is 4. The van der Waals surface area contributed by atoms with Gasteiger partial charge in [0.2, 0.25) is 11.8 Å². The Morgan fingerprint density at radius 2 is 1.72 bits per heavy atom. The first-order valence-electron chi connectivity index (χ1n) is 11.1. The highest BCUT2D eigenvalue weighted by Gasteiger charge is 2.35. The Kier molecular flexibility index (Phi) is 9.25. The van der Waals surface area contributed by atoms with Crippen molar-refractivity contribution in [3.8, 4) is 11.5 Å². The maximum Gasteiger partial charge on any atom is 0.408 e. The maximum atomic E-state index is 13.4. The first-order valence-corrected chi connectivity index (χ1v) is 11.1. The molecule has 2 aromatic rings. The molecule has 2 rings (SSSR count). The van der Waals surface area contributed by atoms with Crippen LogP contribution >= 0.6 is 0 Å². The number of ether oxygens (including phenoxy) is 2. The number of primary amides is 1. The summed E-state index contributed by atoms with van der Waals surface area (Å²) < 4.78 is 10.3. The minimum atomic E-state index is -1.39. The van der Waals surface area contributed by atoms with E-state index in [1.54, 1.807) is 51.1 Å². The van der Waals surface area contributed by atoms with Crippen LogP contribution < -0.4 is 21.1 Å². The molecule has 0 heterocycles. The van der Waals surface area contributed by atoms with E-state index in [0.717, 1.165) is 4.90 Å². The molecule has 0 aliphatic heterocycles. The van der Waals surface area contributed by atoms with Crippen molar-refractivity contribution in [1.29, 1.82) is 0 Å². The van der Waals surface area contributed by atoms with Crippen LogP contribution in [0.1, 0.15) is 38.8 Å². The van der Waals surface area contributed by atoms with E-state index in [1.165, 1.54) is 32.4 Å². The fourth-order valence-corrected chi connectivity index (χ4v) is 3.35. The van der Waals surface area contributed by atoms with E-state index in [1.807, 2.05) is 0 Å². The van der Waals surface area contributed by atoms with E-state index in [2.05, 4.69) is 10.6 Å². The van der Waals surface area contributed by atoms with E-state index in [-0.39, 0.29) is 5.75 Å². The number of phenolic OH excluding ortho intramolecular Hbond substituents is 1. The van der Waals surface area contributed by atoms with E-state index >= 15 is 0 Å². The predicted octanol–water partition coefficient (Wildman–Crippen LogP) is 2.31. The van der Waals surface area contributed by atoms with Crippen molar-refractivity contribution in [3.05, 3.63) is 54.1 Å². The van der Waals surface area contributed by atoms with Crippen LogP contribution in [0.4, 0.5) is 10.5 Å². The molecular weight excluding hydrogens is 468 g/mol. The van der Waals surface area contributed by atoms with Gasteiger partial charge in [0.25, 0.3) is 5.91 Å². The summed E-state index contributed by atoms with van der Waals surface area (Å²) >= 11 is 0. The number of nitrogens with two attached hydrogens (primary N) is 1. The Labute approximate surface area is 209 Å². The molecular formula is C25H32N4O7. The number of carbonyl (C=O) groups excluding carboxylic acids is 4. The lowest BCUT2D eigenvalue weighted by Crippen LogP contribution is -2.52. The second-order valence-electron chi connectivity index (χ2n) is 9.03. The van der Waals surface area contributed by atoms with Gasteiger partial charge >= 0.3 is 6.09 Å². The summed E-state index contributed by atoms with van der Waals surface area (Å²) in [5.41, 5.74) is 5.19. The number of methoxy groups -OCH3 is 1. The average molecular weight is 501 g/mol. The lowest BCUT2D eigenvalue weighted by molar-refractivity contribution is -0.140. The number of hydrogen-bond acceptors (Lipinski definition) is 7. The van der Waals surface area contributed by atoms with Gasteiger partial charge in [0.1, 0.15) is 29.2 Å². The van der Waals surface area contributed by atoms with E-state index in [4.69, 9.17) is 15.2 Å². The summed E-state index contributed by atoms with van der Waals surface area (Å²) in [6.07, 6.45) is -1.44. The second-order valence-corrected chi connectivity index (χ2v) is 9.03. The van der Waals surface area contributed by atoms with Crippen LogP contribution in [-0.2, 0) is 19.1 Å². The molecule has 194 valence electrons. The number of alkyl carbamates (subject to hydrolysis) is 1. The standard InChI is InChI=1S/C25H32N4O7/c1-25(2,3)36-24(34)28-19(14-20(26)31)23(33)29(4)21(15-7-6-8-17(30)13-15)22(32)27-16-9-11-18(35-5)12-10-16/h6-13,19,21,30H,14H2,1-5H3,(H2,26,31)(H,27,32)(H,28,34). The van der Waals surface area contributed by atoms with Crippen molar-refractivity contribution in [2.24, 2.45) is 5.73 Å². The lowest BCUT2D eigenvalue weighted by atomic mass is 10.0. The zero-order valence-electron chi connectivity index (χ0n) is 20.9. The van der Waals surface area contributed by atoms with E-state index in [9.17, 15) is 24.3 Å². The number of hydrogen-bond donors (Lipinski definition) is 4. The van der Waals surface area contributed by atoms with Gasteiger partial charge < -0.3 is 35.8 Å². The summed E-state index contributed by atoms with van der Waals surface area (Å²) in [6, 6.07) is 9.77. The highest BCUT2D eigenvalue weighted by Crippen LogP contribution is 2.26. The first kappa shape index (κ1) is 28.0. The Morgan fingerprint density at radius 1 is 1.08 bits per heavy atom. The van der Waals surface area contributed by atoms with Crippen LogP contribution in [0.5, 0.6) is 11.5 Å². The van der Waals surface area contributed by atoms with Gasteiger partial charge in [0.05, 0.1) is 13.5 Å². The largest absolute Gasteiger partial charge is 0.508 e. The van der Waals surface area contributed by atoms with Crippen molar-refractivity contribution in [3.63, 3.8) is 0 Å². The fourth-order valence-electron chi connectivity index (χ4n) is 3.35. The SMILES string of the molecule is COc1ccc(NC(=O)C(c2cccc(O)c2)N(C)C(=O)C(CC(N)=O)NC(=O)OC(C)(C)C)cc1. The molecule has 11 nitrogen and oxygen atoms in total. The summed E-state index contributed by atoms with van der Waals surface area (Å²) in [6.45, 7) is 4.93. The van der Waals surface area contributed by atoms with Crippen LogP contribution in [0.15, 0.2) is 48.5 Å². The van der Waals surface area contributed by atoms with E-state index in [0.29, 0.717) is 17.0 Å². The molecule has 0 spiro atoms. The number of phenols is 1. The highest BCUT2D eigenvalue weighted by atomic mass is 16.6. The molecule has 0 aliphatic carbocycles. The maximum absolute atomic E-state index is 13.4. The molecule has 0 fully saturated rings. The molecule has 2 aromatic carbocycles. The summed E-state index contributed by atoms with van der Waals surface area (Å²) in [5, 5.41) is 15.1. The third-order valence-corrected chi connectivity index (χ3v) is 4.92. The highest BCUT2D eigenvalue weighted by molar-refractivity contribution is 5.99. The smallest absolute Gasteiger partial charge is 0.408 e. The molecule has 4 amide bonds. The third kappa shape index (κ3) is 8.19. The number of benzene rings is 2. The van der Waals surface area contributed by atoms with Gasteiger partial charge in [-0.25, -0.2) is 4.79 Å². The number of likely N-dealkylation sites (N-methyl/N-ethyl adjacent to an activating group) is 1. The minimum Gasteiger partial charge on any atom is -0.508 e. The molecule has 5 N–H and O–H groups in total. The van der Waals surface area contributed by atoms with Gasteiger partial charge in [-0.1, -0.05) is 12.1 Å². The number of anilines is 1. The number of nitrogens with zero attached hydrogens (tertiary/aromatic N) is 1.